The molecule has 0 N–H and O–H groups in total. The number of para-hydroxylation sites is 2. The van der Waals surface area contributed by atoms with Crippen LogP contribution in [-0.2, 0) is 0 Å². The van der Waals surface area contributed by atoms with Crippen molar-refractivity contribution >= 4 is 101 Å². The Labute approximate surface area is 336 Å². The van der Waals surface area contributed by atoms with Crippen LogP contribution in [-0.4, -0.2) is 24.8 Å². The van der Waals surface area contributed by atoms with E-state index >= 15 is 0 Å². The van der Waals surface area contributed by atoms with E-state index in [0.29, 0.717) is 0 Å². The van der Waals surface area contributed by atoms with Crippen LogP contribution < -0.4 is 32.8 Å². The summed E-state index contributed by atoms with van der Waals surface area (Å²) in [6, 6.07) is 67.2. The summed E-state index contributed by atoms with van der Waals surface area (Å²) in [6.07, 6.45) is 0. The molecule has 2 nitrogen and oxygen atoms in total. The summed E-state index contributed by atoms with van der Waals surface area (Å²) in [5.41, 5.74) is 22.4. The molecule has 4 aliphatic rings. The van der Waals surface area contributed by atoms with E-state index in [1.54, 1.807) is 0 Å². The van der Waals surface area contributed by atoms with Crippen molar-refractivity contribution in [1.29, 1.82) is 0 Å². The summed E-state index contributed by atoms with van der Waals surface area (Å²) in [7, 11) is 0. The predicted molar refractivity (Wildman–Crippen MR) is 247 cm³/mol. The average molecular weight is 728 g/mol. The molecule has 4 aliphatic heterocycles. The lowest BCUT2D eigenvalue weighted by Gasteiger charge is -2.37. The standard InChI is InChI=1S/C54H30B2N2/c1-3-13-33(14-4-1)57-53-39-17-7-9-23-43(39)55-45-29-31-26-28-36-38-20-12-22-42-52(38)56(44-24-10-8-18-40(44)54(42)58-34-15-5-2-6-16-34)46-30-32-25-27-35(37-19-11-21-41(53)51(37)55)49(45)47(32)48(31)50(36)46/h1-30H/b57-53-,58-54-. The van der Waals surface area contributed by atoms with Crippen molar-refractivity contribution < 1.29 is 0 Å². The van der Waals surface area contributed by atoms with E-state index in [1.165, 1.54) is 110 Å². The van der Waals surface area contributed by atoms with E-state index in [2.05, 4.69) is 182 Å². The number of rotatable bonds is 2. The maximum atomic E-state index is 5.35. The minimum absolute atomic E-state index is 0.0986. The molecular weight excluding hydrogens is 698 g/mol. The summed E-state index contributed by atoms with van der Waals surface area (Å²) in [5, 5.41) is 8.17. The van der Waals surface area contributed by atoms with Crippen molar-refractivity contribution in [2.75, 3.05) is 0 Å². The summed E-state index contributed by atoms with van der Waals surface area (Å²) < 4.78 is 0. The Morgan fingerprint density at radius 2 is 0.672 bits per heavy atom. The molecule has 0 amide bonds. The fourth-order valence-electron chi connectivity index (χ4n) is 11.3. The maximum Gasteiger partial charge on any atom is 0.244 e. The molecule has 14 rings (SSSR count). The molecule has 0 spiro atoms. The molecule has 4 heterocycles. The molecule has 10 aromatic rings. The van der Waals surface area contributed by atoms with Gasteiger partial charge in [-0.05, 0) is 101 Å². The van der Waals surface area contributed by atoms with Gasteiger partial charge in [0.05, 0.1) is 22.8 Å². The highest BCUT2D eigenvalue weighted by Gasteiger charge is 2.43. The molecular formula is C54H30B2N2. The van der Waals surface area contributed by atoms with E-state index in [0.717, 1.165) is 22.8 Å². The van der Waals surface area contributed by atoms with Gasteiger partial charge in [-0.25, -0.2) is 9.98 Å². The van der Waals surface area contributed by atoms with E-state index < -0.39 is 0 Å². The van der Waals surface area contributed by atoms with Crippen LogP contribution in [0.15, 0.2) is 192 Å². The molecule has 0 aromatic heterocycles. The lowest BCUT2D eigenvalue weighted by atomic mass is 9.30. The largest absolute Gasteiger partial charge is 0.248 e. The van der Waals surface area contributed by atoms with Crippen molar-refractivity contribution in [3.8, 4) is 22.3 Å². The first-order valence-electron chi connectivity index (χ1n) is 20.3. The van der Waals surface area contributed by atoms with Crippen molar-refractivity contribution in [3.05, 3.63) is 204 Å². The second-order valence-electron chi connectivity index (χ2n) is 16.3. The van der Waals surface area contributed by atoms with Gasteiger partial charge in [0.2, 0.25) is 13.4 Å². The fraction of sp³-hybridized carbons (Fsp3) is 0. The van der Waals surface area contributed by atoms with E-state index in [1.807, 2.05) is 0 Å². The van der Waals surface area contributed by atoms with Crippen LogP contribution in [0.2, 0.25) is 0 Å². The Morgan fingerprint density at radius 1 is 0.276 bits per heavy atom. The number of nitrogens with zero attached hydrogens (tertiary/aromatic N) is 2. The zero-order valence-corrected chi connectivity index (χ0v) is 31.4. The quantitative estimate of drug-likeness (QED) is 0.126. The van der Waals surface area contributed by atoms with Gasteiger partial charge in [-0.3, -0.25) is 0 Å². The summed E-state index contributed by atoms with van der Waals surface area (Å²) in [4.78, 5) is 10.7. The first-order chi connectivity index (χ1) is 28.8. The third kappa shape index (κ3) is 3.90. The van der Waals surface area contributed by atoms with Crippen LogP contribution in [0.25, 0.3) is 54.6 Å². The highest BCUT2D eigenvalue weighted by atomic mass is 14.8. The van der Waals surface area contributed by atoms with Crippen LogP contribution in [0, 0.1) is 0 Å². The minimum Gasteiger partial charge on any atom is -0.248 e. The predicted octanol–water partition coefficient (Wildman–Crippen LogP) is 8.54. The first kappa shape index (κ1) is 30.9. The molecule has 0 saturated heterocycles. The number of hydrogen-bond acceptors (Lipinski definition) is 2. The zero-order chi connectivity index (χ0) is 37.6. The fourth-order valence-corrected chi connectivity index (χ4v) is 11.3. The van der Waals surface area contributed by atoms with Crippen molar-refractivity contribution in [1.82, 2.24) is 0 Å². The second-order valence-corrected chi connectivity index (χ2v) is 16.3. The van der Waals surface area contributed by atoms with E-state index in [4.69, 9.17) is 9.98 Å². The smallest absolute Gasteiger partial charge is 0.244 e. The maximum absolute atomic E-state index is 5.35. The van der Waals surface area contributed by atoms with Gasteiger partial charge < -0.3 is 0 Å². The summed E-state index contributed by atoms with van der Waals surface area (Å²) in [6.45, 7) is 0.197. The molecule has 0 atom stereocenters. The molecule has 10 aromatic carbocycles. The highest BCUT2D eigenvalue weighted by Crippen LogP contribution is 2.45. The molecule has 262 valence electrons. The third-order valence-electron chi connectivity index (χ3n) is 13.5. The summed E-state index contributed by atoms with van der Waals surface area (Å²) >= 11 is 0. The van der Waals surface area contributed by atoms with E-state index in [9.17, 15) is 0 Å². The van der Waals surface area contributed by atoms with Crippen LogP contribution in [0.1, 0.15) is 22.3 Å². The average Bonchev–Trinajstić information content (AvgIpc) is 3.28. The van der Waals surface area contributed by atoms with Gasteiger partial charge in [0.25, 0.3) is 0 Å². The van der Waals surface area contributed by atoms with Crippen molar-refractivity contribution in [2.45, 2.75) is 0 Å². The molecule has 0 radical (unpaired) electrons. The summed E-state index contributed by atoms with van der Waals surface area (Å²) in [5.74, 6) is 0. The van der Waals surface area contributed by atoms with Gasteiger partial charge in [-0.1, -0.05) is 191 Å². The number of aliphatic imine (C=N–C) groups is 2. The van der Waals surface area contributed by atoms with Gasteiger partial charge in [0.15, 0.2) is 0 Å². The SMILES string of the molecule is c1ccc(/N=C2/c3ccccc3B3c4c2cccc4-c2ccc4cc5c6c(ccc7cc3c2c4c76)-c2cccc3c2B5c2ccccc2/C3=N/c2ccccc2)cc1. The highest BCUT2D eigenvalue weighted by molar-refractivity contribution is 7.02. The third-order valence-corrected chi connectivity index (χ3v) is 13.5. The van der Waals surface area contributed by atoms with Crippen LogP contribution in [0.4, 0.5) is 11.4 Å². The van der Waals surface area contributed by atoms with Crippen LogP contribution in [0.5, 0.6) is 0 Å². The molecule has 58 heavy (non-hydrogen) atoms. The zero-order valence-electron chi connectivity index (χ0n) is 31.4. The topological polar surface area (TPSA) is 24.7 Å². The van der Waals surface area contributed by atoms with Gasteiger partial charge in [0.1, 0.15) is 0 Å². The van der Waals surface area contributed by atoms with E-state index in [-0.39, 0.29) is 13.4 Å². The lowest BCUT2D eigenvalue weighted by molar-refractivity contribution is 1.48. The second kappa shape index (κ2) is 11.2. The lowest BCUT2D eigenvalue weighted by Crippen LogP contribution is -2.61. The van der Waals surface area contributed by atoms with Crippen molar-refractivity contribution in [3.63, 3.8) is 0 Å². The molecule has 0 bridgehead atoms. The van der Waals surface area contributed by atoms with Gasteiger partial charge in [-0.15, -0.1) is 0 Å². The van der Waals surface area contributed by atoms with Gasteiger partial charge >= 0.3 is 0 Å². The van der Waals surface area contributed by atoms with Gasteiger partial charge in [0, 0.05) is 0 Å². The molecule has 0 aliphatic carbocycles. The first-order valence-corrected chi connectivity index (χ1v) is 20.3. The Balaban J connectivity index is 1.08. The Kier molecular flexibility index (Phi) is 5.95. The monoisotopic (exact) mass is 728 g/mol. The molecule has 4 heteroatoms. The Hall–Kier alpha value is -7.29. The van der Waals surface area contributed by atoms with Gasteiger partial charge in [-0.2, -0.15) is 0 Å². The number of hydrogen-bond donors (Lipinski definition) is 0. The van der Waals surface area contributed by atoms with Crippen molar-refractivity contribution in [2.24, 2.45) is 9.98 Å². The number of fused-ring (bicyclic) bond motifs is 8. The van der Waals surface area contributed by atoms with Crippen LogP contribution in [0.3, 0.4) is 0 Å². The number of benzene rings is 10. The normalized spacial score (nSPS) is 15.2. The Bertz CT molecular complexity index is 3280. The minimum atomic E-state index is 0.0986. The van der Waals surface area contributed by atoms with Crippen LogP contribution >= 0.6 is 0 Å². The molecule has 0 saturated carbocycles. The molecule has 0 unspecified atom stereocenters. The molecule has 0 fully saturated rings. The Morgan fingerprint density at radius 3 is 1.14 bits per heavy atom.